The zero-order valence-corrected chi connectivity index (χ0v) is 14.6. The quantitative estimate of drug-likeness (QED) is 0.774. The second kappa shape index (κ2) is 8.71. The number of benzene rings is 2. The van der Waals surface area contributed by atoms with Crippen molar-refractivity contribution in [3.8, 4) is 0 Å². The molecule has 0 aliphatic carbocycles. The normalized spacial score (nSPS) is 10.5. The molecule has 2 amide bonds. The minimum Gasteiger partial charge on any atom is -0.350 e. The molecular formula is C18H16ClF3N2O2. The van der Waals surface area contributed by atoms with Gasteiger partial charge in [-0.15, -0.1) is 0 Å². The van der Waals surface area contributed by atoms with Crippen molar-refractivity contribution in [3.05, 3.63) is 70.0 Å². The predicted octanol–water partition coefficient (Wildman–Crippen LogP) is 3.54. The molecule has 1 N–H and O–H groups in total. The summed E-state index contributed by atoms with van der Waals surface area (Å²) < 4.78 is 39.7. The van der Waals surface area contributed by atoms with Gasteiger partial charge in [0.1, 0.15) is 0 Å². The van der Waals surface area contributed by atoms with Gasteiger partial charge in [0.25, 0.3) is 5.91 Å². The number of hydrogen-bond donors (Lipinski definition) is 1. The molecule has 0 saturated carbocycles. The molecule has 2 aromatic rings. The van der Waals surface area contributed by atoms with Crippen LogP contribution in [0.25, 0.3) is 0 Å². The molecule has 0 aromatic heterocycles. The number of rotatable bonds is 6. The molecule has 0 spiro atoms. The van der Waals surface area contributed by atoms with Crippen molar-refractivity contribution in [1.82, 2.24) is 10.2 Å². The van der Waals surface area contributed by atoms with E-state index in [-0.39, 0.29) is 19.0 Å². The van der Waals surface area contributed by atoms with E-state index in [1.54, 1.807) is 24.3 Å². The van der Waals surface area contributed by atoms with Crippen LogP contribution < -0.4 is 5.32 Å². The summed E-state index contributed by atoms with van der Waals surface area (Å²) in [5.74, 6) is -5.73. The Morgan fingerprint density at radius 3 is 2.31 bits per heavy atom. The summed E-state index contributed by atoms with van der Waals surface area (Å²) in [6.07, 6.45) is 0. The number of carbonyl (C=O) groups is 2. The SMILES string of the molecule is CC(=O)N(CCNC(=O)c1ccc(F)c(F)c1F)Cc1ccc(Cl)cc1. The predicted molar refractivity (Wildman–Crippen MR) is 91.2 cm³/mol. The number of halogens is 4. The van der Waals surface area contributed by atoms with Gasteiger partial charge in [-0.2, -0.15) is 0 Å². The molecule has 0 fully saturated rings. The molecule has 0 heterocycles. The van der Waals surface area contributed by atoms with E-state index in [9.17, 15) is 22.8 Å². The van der Waals surface area contributed by atoms with Crippen LogP contribution in [0.2, 0.25) is 5.02 Å². The van der Waals surface area contributed by atoms with Gasteiger partial charge in [0.05, 0.1) is 5.56 Å². The largest absolute Gasteiger partial charge is 0.350 e. The van der Waals surface area contributed by atoms with Crippen molar-refractivity contribution in [3.63, 3.8) is 0 Å². The van der Waals surface area contributed by atoms with Crippen LogP contribution in [0.1, 0.15) is 22.8 Å². The molecule has 2 rings (SSSR count). The standard InChI is InChI=1S/C18H16ClF3N2O2/c1-11(25)24(10-12-2-4-13(19)5-3-12)9-8-23-18(26)14-6-7-15(20)17(22)16(14)21/h2-7H,8-10H2,1H3,(H,23,26). The highest BCUT2D eigenvalue weighted by Gasteiger charge is 2.19. The van der Waals surface area contributed by atoms with E-state index < -0.39 is 28.9 Å². The number of hydrogen-bond acceptors (Lipinski definition) is 2. The Balaban J connectivity index is 1.95. The highest BCUT2D eigenvalue weighted by Crippen LogP contribution is 2.15. The van der Waals surface area contributed by atoms with Gasteiger partial charge in [0, 0.05) is 31.6 Å². The van der Waals surface area contributed by atoms with Crippen molar-refractivity contribution in [2.45, 2.75) is 13.5 Å². The Bertz CT molecular complexity index is 813. The van der Waals surface area contributed by atoms with Crippen molar-refractivity contribution < 1.29 is 22.8 Å². The topological polar surface area (TPSA) is 49.4 Å². The first-order chi connectivity index (χ1) is 12.3. The summed E-state index contributed by atoms with van der Waals surface area (Å²) >= 11 is 5.81. The zero-order chi connectivity index (χ0) is 19.3. The highest BCUT2D eigenvalue weighted by atomic mass is 35.5. The number of carbonyl (C=O) groups excluding carboxylic acids is 2. The summed E-state index contributed by atoms with van der Waals surface area (Å²) in [5, 5.41) is 2.96. The van der Waals surface area contributed by atoms with E-state index in [1.165, 1.54) is 11.8 Å². The second-order valence-corrected chi connectivity index (χ2v) is 5.98. The van der Waals surface area contributed by atoms with Gasteiger partial charge in [-0.1, -0.05) is 23.7 Å². The summed E-state index contributed by atoms with van der Waals surface area (Å²) in [4.78, 5) is 25.1. The van der Waals surface area contributed by atoms with E-state index in [0.29, 0.717) is 17.6 Å². The molecular weight excluding hydrogens is 369 g/mol. The average molecular weight is 385 g/mol. The Morgan fingerprint density at radius 2 is 1.69 bits per heavy atom. The average Bonchev–Trinajstić information content (AvgIpc) is 2.60. The maximum absolute atomic E-state index is 13.6. The van der Waals surface area contributed by atoms with Crippen LogP contribution in [0.3, 0.4) is 0 Å². The fourth-order valence-electron chi connectivity index (χ4n) is 2.26. The van der Waals surface area contributed by atoms with E-state index in [0.717, 1.165) is 11.6 Å². The molecule has 2 aromatic carbocycles. The second-order valence-electron chi connectivity index (χ2n) is 5.55. The van der Waals surface area contributed by atoms with Gasteiger partial charge >= 0.3 is 0 Å². The van der Waals surface area contributed by atoms with Crippen molar-refractivity contribution in [2.24, 2.45) is 0 Å². The number of nitrogens with zero attached hydrogens (tertiary/aromatic N) is 1. The molecule has 0 radical (unpaired) electrons. The summed E-state index contributed by atoms with van der Waals surface area (Å²) in [5.41, 5.74) is 0.249. The van der Waals surface area contributed by atoms with E-state index in [1.807, 2.05) is 0 Å². The lowest BCUT2D eigenvalue weighted by Crippen LogP contribution is -2.37. The lowest BCUT2D eigenvalue weighted by Gasteiger charge is -2.21. The van der Waals surface area contributed by atoms with E-state index in [4.69, 9.17) is 11.6 Å². The van der Waals surface area contributed by atoms with Gasteiger partial charge in [-0.25, -0.2) is 13.2 Å². The summed E-state index contributed by atoms with van der Waals surface area (Å²) in [7, 11) is 0. The first-order valence-corrected chi connectivity index (χ1v) is 8.09. The summed E-state index contributed by atoms with van der Waals surface area (Å²) in [6, 6.07) is 8.47. The van der Waals surface area contributed by atoms with Crippen LogP contribution in [0.15, 0.2) is 36.4 Å². The van der Waals surface area contributed by atoms with Gasteiger partial charge in [0.15, 0.2) is 17.5 Å². The van der Waals surface area contributed by atoms with Crippen molar-refractivity contribution in [2.75, 3.05) is 13.1 Å². The van der Waals surface area contributed by atoms with Gasteiger partial charge in [-0.05, 0) is 29.8 Å². The number of nitrogens with one attached hydrogen (secondary N) is 1. The van der Waals surface area contributed by atoms with Crippen LogP contribution >= 0.6 is 11.6 Å². The molecule has 26 heavy (non-hydrogen) atoms. The van der Waals surface area contributed by atoms with Crippen LogP contribution in [0.4, 0.5) is 13.2 Å². The van der Waals surface area contributed by atoms with E-state index in [2.05, 4.69) is 5.32 Å². The Kier molecular flexibility index (Phi) is 6.63. The fraction of sp³-hybridized carbons (Fsp3) is 0.222. The fourth-order valence-corrected chi connectivity index (χ4v) is 2.38. The molecule has 0 saturated heterocycles. The third kappa shape index (κ3) is 4.98. The van der Waals surface area contributed by atoms with E-state index >= 15 is 0 Å². The molecule has 138 valence electrons. The Morgan fingerprint density at radius 1 is 1.04 bits per heavy atom. The van der Waals surface area contributed by atoms with Crippen molar-refractivity contribution in [1.29, 1.82) is 0 Å². The van der Waals surface area contributed by atoms with Gasteiger partial charge < -0.3 is 10.2 Å². The minimum atomic E-state index is -1.70. The third-order valence-electron chi connectivity index (χ3n) is 3.68. The first kappa shape index (κ1) is 19.8. The smallest absolute Gasteiger partial charge is 0.254 e. The van der Waals surface area contributed by atoms with Crippen LogP contribution in [0.5, 0.6) is 0 Å². The zero-order valence-electron chi connectivity index (χ0n) is 13.9. The molecule has 0 bridgehead atoms. The van der Waals surface area contributed by atoms with Gasteiger partial charge in [-0.3, -0.25) is 9.59 Å². The minimum absolute atomic E-state index is 0.0183. The van der Waals surface area contributed by atoms with Crippen LogP contribution in [-0.2, 0) is 11.3 Å². The molecule has 0 aliphatic rings. The maximum Gasteiger partial charge on any atom is 0.254 e. The molecule has 0 atom stereocenters. The molecule has 0 aliphatic heterocycles. The molecule has 0 unspecified atom stereocenters. The van der Waals surface area contributed by atoms with Crippen LogP contribution in [0, 0.1) is 17.5 Å². The van der Waals surface area contributed by atoms with Crippen LogP contribution in [-0.4, -0.2) is 29.8 Å². The lowest BCUT2D eigenvalue weighted by atomic mass is 10.2. The first-order valence-electron chi connectivity index (χ1n) is 7.71. The summed E-state index contributed by atoms with van der Waals surface area (Å²) in [6.45, 7) is 1.87. The lowest BCUT2D eigenvalue weighted by molar-refractivity contribution is -0.129. The highest BCUT2D eigenvalue weighted by molar-refractivity contribution is 6.30. The van der Waals surface area contributed by atoms with Gasteiger partial charge in [0.2, 0.25) is 5.91 Å². The molecule has 8 heteroatoms. The maximum atomic E-state index is 13.6. The monoisotopic (exact) mass is 384 g/mol. The number of amides is 2. The van der Waals surface area contributed by atoms with Crippen molar-refractivity contribution >= 4 is 23.4 Å². The Labute approximate surface area is 153 Å². The Hall–Kier alpha value is -2.54. The molecule has 4 nitrogen and oxygen atoms in total. The third-order valence-corrected chi connectivity index (χ3v) is 3.93.